The van der Waals surface area contributed by atoms with E-state index in [0.29, 0.717) is 31.9 Å². The lowest BCUT2D eigenvalue weighted by Crippen LogP contribution is -2.40. The van der Waals surface area contributed by atoms with Gasteiger partial charge in [-0.1, -0.05) is 90.2 Å². The Morgan fingerprint density at radius 1 is 1.02 bits per heavy atom. The number of nitriles is 1. The second-order valence-corrected chi connectivity index (χ2v) is 13.6. The lowest BCUT2D eigenvalue weighted by atomic mass is 9.93. The van der Waals surface area contributed by atoms with Gasteiger partial charge in [0.2, 0.25) is 0 Å². The molecule has 0 amide bonds. The summed E-state index contributed by atoms with van der Waals surface area (Å²) in [5.41, 5.74) is 4.07. The molecule has 0 fully saturated rings. The number of esters is 1. The molecule has 46 heavy (non-hydrogen) atoms. The third-order valence-corrected chi connectivity index (χ3v) is 9.73. The van der Waals surface area contributed by atoms with Crippen molar-refractivity contribution in [1.82, 2.24) is 4.57 Å². The Kier molecular flexibility index (Phi) is 9.81. The number of carbonyl (C=O) groups is 1. The van der Waals surface area contributed by atoms with Crippen molar-refractivity contribution in [2.45, 2.75) is 19.6 Å². The number of hydrogen-bond donors (Lipinski definition) is 0. The molecule has 10 heteroatoms. The topological polar surface area (TPSA) is 93.7 Å². The van der Waals surface area contributed by atoms with Crippen molar-refractivity contribution >= 4 is 74.3 Å². The van der Waals surface area contributed by atoms with Crippen LogP contribution in [0.2, 0.25) is 0 Å². The van der Waals surface area contributed by atoms with Crippen molar-refractivity contribution < 1.29 is 14.3 Å². The Labute approximate surface area is 296 Å². The summed E-state index contributed by atoms with van der Waals surface area (Å²) in [7, 11) is 0. The van der Waals surface area contributed by atoms with Gasteiger partial charge < -0.3 is 9.47 Å². The van der Waals surface area contributed by atoms with E-state index in [0.717, 1.165) is 29.4 Å². The van der Waals surface area contributed by atoms with E-state index in [1.807, 2.05) is 97.1 Å². The van der Waals surface area contributed by atoms with Gasteiger partial charge in [0.1, 0.15) is 12.4 Å². The van der Waals surface area contributed by atoms with Crippen LogP contribution >= 0.6 is 56.5 Å². The molecule has 0 aliphatic carbocycles. The van der Waals surface area contributed by atoms with Crippen molar-refractivity contribution in [3.8, 4) is 11.8 Å². The minimum Gasteiger partial charge on any atom is -0.487 e. The number of aromatic nitrogens is 1. The van der Waals surface area contributed by atoms with Gasteiger partial charge in [0.05, 0.1) is 43.7 Å². The van der Waals surface area contributed by atoms with Crippen LogP contribution < -0.4 is 19.6 Å². The number of ether oxygens (including phenoxy) is 2. The molecule has 0 radical (unpaired) electrons. The summed E-state index contributed by atoms with van der Waals surface area (Å²) >= 11 is 5.73. The summed E-state index contributed by atoms with van der Waals surface area (Å²) in [5, 5.41) is 9.55. The minimum absolute atomic E-state index is 0.184. The van der Waals surface area contributed by atoms with Gasteiger partial charge in [0.25, 0.3) is 5.56 Å². The molecule has 0 bridgehead atoms. The number of thiazole rings is 1. The van der Waals surface area contributed by atoms with Gasteiger partial charge in [0.15, 0.2) is 4.80 Å². The van der Waals surface area contributed by atoms with Crippen LogP contribution in [0.5, 0.6) is 5.75 Å². The van der Waals surface area contributed by atoms with Crippen molar-refractivity contribution in [3.05, 3.63) is 157 Å². The maximum Gasteiger partial charge on any atom is 0.338 e. The Hall–Kier alpha value is -4.06. The quantitative estimate of drug-likeness (QED) is 0.130. The number of halogens is 2. The van der Waals surface area contributed by atoms with Crippen LogP contribution in [0.1, 0.15) is 40.8 Å². The van der Waals surface area contributed by atoms with Crippen LogP contribution in [-0.4, -0.2) is 17.1 Å². The van der Waals surface area contributed by atoms with Crippen LogP contribution in [0.25, 0.3) is 11.8 Å². The molecule has 7 nitrogen and oxygen atoms in total. The van der Waals surface area contributed by atoms with E-state index in [1.165, 1.54) is 11.3 Å². The van der Waals surface area contributed by atoms with Gasteiger partial charge in [-0.25, -0.2) is 9.79 Å². The maximum absolute atomic E-state index is 14.3. The fourth-order valence-corrected chi connectivity index (χ4v) is 8.31. The van der Waals surface area contributed by atoms with Gasteiger partial charge in [-0.2, -0.15) is 5.26 Å². The zero-order valence-electron chi connectivity index (χ0n) is 24.4. The fourth-order valence-electron chi connectivity index (χ4n) is 5.28. The van der Waals surface area contributed by atoms with Crippen LogP contribution in [0, 0.1) is 18.5 Å². The van der Waals surface area contributed by atoms with Crippen molar-refractivity contribution in [2.24, 2.45) is 4.99 Å². The first kappa shape index (κ1) is 31.9. The number of carbonyl (C=O) groups excluding carboxylic acids is 1. The summed E-state index contributed by atoms with van der Waals surface area (Å²) in [6, 6.07) is 31.7. The monoisotopic (exact) mass is 849 g/mol. The van der Waals surface area contributed by atoms with E-state index in [-0.39, 0.29) is 18.8 Å². The maximum atomic E-state index is 14.3. The van der Waals surface area contributed by atoms with E-state index in [9.17, 15) is 14.9 Å². The SMILES string of the molecule is CCOC(=O)C1=C(c2ccccc2)N=c2s/c(=C\c3cc(I)cc(I)c3OCc3ccccc3C#N)c(=O)n2[C@H]1c1ccccc1. The Morgan fingerprint density at radius 2 is 1.72 bits per heavy atom. The minimum atomic E-state index is -0.747. The third-order valence-electron chi connectivity index (χ3n) is 7.32. The van der Waals surface area contributed by atoms with E-state index in [1.54, 1.807) is 17.6 Å². The second kappa shape index (κ2) is 14.1. The average Bonchev–Trinajstić information content (AvgIpc) is 3.38. The highest BCUT2D eigenvalue weighted by molar-refractivity contribution is 14.1. The molecular formula is C36H25I2N3O4S. The second-order valence-electron chi connectivity index (χ2n) is 10.2. The van der Waals surface area contributed by atoms with E-state index in [4.69, 9.17) is 14.5 Å². The highest BCUT2D eigenvalue weighted by Gasteiger charge is 2.35. The standard InChI is InChI=1S/C36H25I2N3O4S/c1-2-44-35(43)30-31(22-11-5-3-6-12-22)40-36-41(32(30)23-13-7-4-8-14-23)34(42)29(46-36)18-26-17-27(37)19-28(38)33(26)45-21-25-16-10-9-15-24(25)20-39/h3-19,32H,2,21H2,1H3/b29-18-/t32-/m0/s1. The third kappa shape index (κ3) is 6.44. The summed E-state index contributed by atoms with van der Waals surface area (Å²) in [4.78, 5) is 33.4. The van der Waals surface area contributed by atoms with E-state index < -0.39 is 12.0 Å². The molecule has 0 unspecified atom stereocenters. The smallest absolute Gasteiger partial charge is 0.338 e. The molecule has 1 aliphatic heterocycles. The fraction of sp³-hybridized carbons (Fsp3) is 0.111. The zero-order chi connectivity index (χ0) is 32.2. The number of hydrogen-bond acceptors (Lipinski definition) is 7. The van der Waals surface area contributed by atoms with Crippen LogP contribution in [0.3, 0.4) is 0 Å². The van der Waals surface area contributed by atoms with Crippen LogP contribution in [-0.2, 0) is 16.1 Å². The Morgan fingerprint density at radius 3 is 2.43 bits per heavy atom. The van der Waals surface area contributed by atoms with Gasteiger partial charge in [-0.15, -0.1) is 0 Å². The van der Waals surface area contributed by atoms with Crippen LogP contribution in [0.4, 0.5) is 0 Å². The molecule has 0 saturated heterocycles. The highest BCUT2D eigenvalue weighted by atomic mass is 127. The Bertz CT molecular complexity index is 2200. The predicted octanol–water partition coefficient (Wildman–Crippen LogP) is 6.60. The summed E-state index contributed by atoms with van der Waals surface area (Å²) in [6.45, 7) is 2.14. The largest absolute Gasteiger partial charge is 0.487 e. The first-order valence-electron chi connectivity index (χ1n) is 14.3. The van der Waals surface area contributed by atoms with Gasteiger partial charge >= 0.3 is 5.97 Å². The molecule has 6 rings (SSSR count). The molecule has 1 aliphatic rings. The lowest BCUT2D eigenvalue weighted by molar-refractivity contribution is -0.138. The molecule has 0 saturated carbocycles. The van der Waals surface area contributed by atoms with Gasteiger partial charge in [0, 0.05) is 20.3 Å². The lowest BCUT2D eigenvalue weighted by Gasteiger charge is -2.25. The number of rotatable bonds is 8. The molecule has 5 aromatic rings. The van der Waals surface area contributed by atoms with Crippen molar-refractivity contribution in [3.63, 3.8) is 0 Å². The van der Waals surface area contributed by atoms with Crippen LogP contribution in [0.15, 0.2) is 112 Å². The molecule has 1 aromatic heterocycles. The first-order chi connectivity index (χ1) is 22.4. The van der Waals surface area contributed by atoms with E-state index in [2.05, 4.69) is 51.3 Å². The number of nitrogens with zero attached hydrogens (tertiary/aromatic N) is 3. The molecule has 228 valence electrons. The highest BCUT2D eigenvalue weighted by Crippen LogP contribution is 2.35. The normalized spacial score (nSPS) is 14.3. The average molecular weight is 849 g/mol. The summed E-state index contributed by atoms with van der Waals surface area (Å²) in [6.07, 6.45) is 1.82. The van der Waals surface area contributed by atoms with E-state index >= 15 is 0 Å². The number of fused-ring (bicyclic) bond motifs is 1. The van der Waals surface area contributed by atoms with Crippen molar-refractivity contribution in [2.75, 3.05) is 6.61 Å². The first-order valence-corrected chi connectivity index (χ1v) is 17.3. The molecular weight excluding hydrogens is 824 g/mol. The zero-order valence-corrected chi connectivity index (χ0v) is 29.6. The molecule has 2 heterocycles. The summed E-state index contributed by atoms with van der Waals surface area (Å²) in [5.74, 6) is 0.0881. The van der Waals surface area contributed by atoms with Crippen molar-refractivity contribution in [1.29, 1.82) is 5.26 Å². The Balaban J connectivity index is 1.55. The predicted molar refractivity (Wildman–Crippen MR) is 195 cm³/mol. The molecule has 1 atom stereocenters. The molecule has 0 N–H and O–H groups in total. The van der Waals surface area contributed by atoms with Gasteiger partial charge in [-0.05, 0) is 81.9 Å². The summed E-state index contributed by atoms with van der Waals surface area (Å²) < 4.78 is 15.7. The molecule has 0 spiro atoms. The molecule has 4 aromatic carbocycles. The number of benzene rings is 4. The van der Waals surface area contributed by atoms with Gasteiger partial charge in [-0.3, -0.25) is 9.36 Å².